The quantitative estimate of drug-likeness (QED) is 0.596. The Morgan fingerprint density at radius 3 is 2.42 bits per heavy atom. The lowest BCUT2D eigenvalue weighted by atomic mass is 9.95. The van der Waals surface area contributed by atoms with E-state index < -0.39 is 23.1 Å². The maximum atomic E-state index is 13.7. The minimum Gasteiger partial charge on any atom is -0.492 e. The third-order valence-electron chi connectivity index (χ3n) is 4.72. The number of benzene rings is 2. The van der Waals surface area contributed by atoms with Crippen molar-refractivity contribution in [3.63, 3.8) is 0 Å². The lowest BCUT2D eigenvalue weighted by Crippen LogP contribution is -2.16. The Bertz CT molecular complexity index is 1110. The maximum absolute atomic E-state index is 13.7. The molecule has 0 aliphatic carbocycles. The lowest BCUT2D eigenvalue weighted by molar-refractivity contribution is 0.0932. The number of fused-ring (bicyclic) bond motifs is 1. The number of aryl methyl sites for hydroxylation is 1. The van der Waals surface area contributed by atoms with Crippen molar-refractivity contribution in [2.45, 2.75) is 27.2 Å². The van der Waals surface area contributed by atoms with E-state index in [1.165, 1.54) is 18.3 Å². The van der Waals surface area contributed by atoms with Crippen molar-refractivity contribution in [3.8, 4) is 16.9 Å². The molecule has 2 heterocycles. The Kier molecular flexibility index (Phi) is 6.74. The molecule has 0 atom stereocenters. The molecular formula is C24H22F2N2O3. The van der Waals surface area contributed by atoms with Gasteiger partial charge in [0, 0.05) is 18.2 Å². The van der Waals surface area contributed by atoms with E-state index in [9.17, 15) is 18.4 Å². The van der Waals surface area contributed by atoms with Crippen LogP contribution in [0.5, 0.6) is 5.75 Å². The number of ketones is 1. The number of nitrogens with one attached hydrogen (secondary N) is 1. The molecule has 0 radical (unpaired) electrons. The number of hydrogen-bond donors (Lipinski definition) is 1. The normalized spacial score (nSPS) is 12.2. The van der Waals surface area contributed by atoms with Gasteiger partial charge in [-0.3, -0.25) is 9.59 Å². The fourth-order valence-electron chi connectivity index (χ4n) is 3.24. The molecule has 5 nitrogen and oxygen atoms in total. The molecule has 160 valence electrons. The minimum absolute atomic E-state index is 0.0243. The Morgan fingerprint density at radius 1 is 1.06 bits per heavy atom. The molecule has 1 aliphatic rings. The number of Topliss-reactive ketones (excluding diaryl/α,β-unsaturated/α-hetero) is 1. The Hall–Kier alpha value is -3.61. The lowest BCUT2D eigenvalue weighted by Gasteiger charge is -2.19. The first-order valence-corrected chi connectivity index (χ1v) is 9.96. The number of carbonyl (C=O) groups is 2. The molecule has 1 aliphatic heterocycles. The average molecular weight is 424 g/mol. The van der Waals surface area contributed by atoms with Crippen molar-refractivity contribution < 1.29 is 23.1 Å². The summed E-state index contributed by atoms with van der Waals surface area (Å²) in [4.78, 5) is 28.5. The third kappa shape index (κ3) is 4.60. The van der Waals surface area contributed by atoms with Crippen LogP contribution in [0.2, 0.25) is 0 Å². The number of ether oxygens (including phenoxy) is 1. The smallest absolute Gasteiger partial charge is 0.262 e. The summed E-state index contributed by atoms with van der Waals surface area (Å²) in [5.74, 6) is -2.07. The van der Waals surface area contributed by atoms with Gasteiger partial charge in [0.05, 0.1) is 12.2 Å². The van der Waals surface area contributed by atoms with Gasteiger partial charge >= 0.3 is 0 Å². The zero-order valence-corrected chi connectivity index (χ0v) is 17.5. The van der Waals surface area contributed by atoms with Gasteiger partial charge in [0.15, 0.2) is 5.78 Å². The van der Waals surface area contributed by atoms with Crippen molar-refractivity contribution >= 4 is 17.5 Å². The number of carbonyl (C=O) groups excluding carboxylic acids is 2. The molecule has 0 bridgehead atoms. The number of anilines is 1. The van der Waals surface area contributed by atoms with E-state index in [1.807, 2.05) is 26.8 Å². The summed E-state index contributed by atoms with van der Waals surface area (Å²) in [6, 6.07) is 10.0. The first-order valence-electron chi connectivity index (χ1n) is 9.96. The zero-order valence-electron chi connectivity index (χ0n) is 17.5. The van der Waals surface area contributed by atoms with Crippen LogP contribution in [0.4, 0.5) is 14.6 Å². The Balaban J connectivity index is 0.00000132. The van der Waals surface area contributed by atoms with Gasteiger partial charge < -0.3 is 10.1 Å². The summed E-state index contributed by atoms with van der Waals surface area (Å²) in [7, 11) is 0. The molecule has 0 saturated heterocycles. The molecule has 1 aromatic heterocycles. The van der Waals surface area contributed by atoms with E-state index in [4.69, 9.17) is 4.74 Å². The van der Waals surface area contributed by atoms with Crippen LogP contribution in [0.15, 0.2) is 48.7 Å². The predicted octanol–water partition coefficient (Wildman–Crippen LogP) is 5.58. The SMILES string of the molecule is CC.Cc1cc2c(cc1-c1ccc(NC(=O)c3c(F)cccc3F)nc1)C(=O)CCO2. The summed E-state index contributed by atoms with van der Waals surface area (Å²) in [6.07, 6.45) is 1.86. The summed E-state index contributed by atoms with van der Waals surface area (Å²) >= 11 is 0. The van der Waals surface area contributed by atoms with Gasteiger partial charge in [-0.05, 0) is 54.4 Å². The van der Waals surface area contributed by atoms with Gasteiger partial charge in [0.25, 0.3) is 5.91 Å². The van der Waals surface area contributed by atoms with E-state index in [2.05, 4.69) is 10.3 Å². The van der Waals surface area contributed by atoms with Crippen LogP contribution in [-0.4, -0.2) is 23.3 Å². The monoisotopic (exact) mass is 424 g/mol. The zero-order chi connectivity index (χ0) is 22.5. The molecule has 31 heavy (non-hydrogen) atoms. The van der Waals surface area contributed by atoms with Crippen molar-refractivity contribution in [1.29, 1.82) is 0 Å². The van der Waals surface area contributed by atoms with Gasteiger partial charge in [-0.1, -0.05) is 19.9 Å². The second-order valence-corrected chi connectivity index (χ2v) is 6.67. The average Bonchev–Trinajstić information content (AvgIpc) is 2.75. The van der Waals surface area contributed by atoms with Crippen molar-refractivity contribution in [1.82, 2.24) is 4.98 Å². The number of pyridine rings is 1. The number of hydrogen-bond acceptors (Lipinski definition) is 4. The van der Waals surface area contributed by atoms with Crippen LogP contribution in [-0.2, 0) is 0 Å². The van der Waals surface area contributed by atoms with Crippen molar-refractivity contribution in [2.24, 2.45) is 0 Å². The molecule has 0 unspecified atom stereocenters. The topological polar surface area (TPSA) is 68.3 Å². The fraction of sp³-hybridized carbons (Fsp3) is 0.208. The number of rotatable bonds is 3. The van der Waals surface area contributed by atoms with Gasteiger partial charge in [-0.25, -0.2) is 13.8 Å². The highest BCUT2D eigenvalue weighted by molar-refractivity contribution is 6.04. The number of amides is 1. The molecule has 1 amide bonds. The first-order chi connectivity index (χ1) is 14.9. The molecule has 7 heteroatoms. The summed E-state index contributed by atoms with van der Waals surface area (Å²) < 4.78 is 33.0. The largest absolute Gasteiger partial charge is 0.492 e. The maximum Gasteiger partial charge on any atom is 0.262 e. The highest BCUT2D eigenvalue weighted by Crippen LogP contribution is 2.33. The molecule has 1 N–H and O–H groups in total. The summed E-state index contributed by atoms with van der Waals surface area (Å²) in [5.41, 5.74) is 2.32. The molecule has 3 aromatic rings. The number of nitrogens with zero attached hydrogens (tertiary/aromatic N) is 1. The van der Waals surface area contributed by atoms with Crippen LogP contribution < -0.4 is 10.1 Å². The van der Waals surface area contributed by atoms with Crippen LogP contribution in [0, 0.1) is 18.6 Å². The van der Waals surface area contributed by atoms with Crippen molar-refractivity contribution in [3.05, 3.63) is 77.0 Å². The van der Waals surface area contributed by atoms with Crippen LogP contribution in [0.1, 0.15) is 46.5 Å². The van der Waals surface area contributed by atoms with Gasteiger partial charge in [0.2, 0.25) is 0 Å². The second-order valence-electron chi connectivity index (χ2n) is 6.67. The van der Waals surface area contributed by atoms with E-state index in [0.29, 0.717) is 24.3 Å². The van der Waals surface area contributed by atoms with Gasteiger partial charge in [0.1, 0.15) is 28.8 Å². The van der Waals surface area contributed by atoms with E-state index in [1.54, 1.807) is 12.1 Å². The third-order valence-corrected chi connectivity index (χ3v) is 4.72. The summed E-state index contributed by atoms with van der Waals surface area (Å²) in [5, 5.41) is 2.39. The number of aromatic nitrogens is 1. The first kappa shape index (κ1) is 22.1. The Morgan fingerprint density at radius 2 is 1.77 bits per heavy atom. The highest BCUT2D eigenvalue weighted by Gasteiger charge is 2.21. The molecule has 2 aromatic carbocycles. The Labute approximate surface area is 179 Å². The van der Waals surface area contributed by atoms with Gasteiger partial charge in [-0.15, -0.1) is 0 Å². The van der Waals surface area contributed by atoms with Crippen LogP contribution in [0.3, 0.4) is 0 Å². The number of halogens is 2. The summed E-state index contributed by atoms with van der Waals surface area (Å²) in [6.45, 7) is 6.28. The highest BCUT2D eigenvalue weighted by atomic mass is 19.1. The molecule has 0 saturated carbocycles. The molecule has 0 spiro atoms. The molecule has 4 rings (SSSR count). The standard InChI is InChI=1S/C22H16F2N2O3.C2H6/c1-12-9-19-15(18(27)7-8-29-19)10-14(12)13-5-6-20(25-11-13)26-22(28)21-16(23)3-2-4-17(21)24;1-2/h2-6,9-11H,7-8H2,1H3,(H,25,26,28);1-2H3. The van der Waals surface area contributed by atoms with E-state index in [-0.39, 0.29) is 11.6 Å². The minimum atomic E-state index is -0.948. The predicted molar refractivity (Wildman–Crippen MR) is 115 cm³/mol. The fourth-order valence-corrected chi connectivity index (χ4v) is 3.24. The van der Waals surface area contributed by atoms with E-state index >= 15 is 0 Å². The van der Waals surface area contributed by atoms with Gasteiger partial charge in [-0.2, -0.15) is 0 Å². The van der Waals surface area contributed by atoms with Crippen molar-refractivity contribution in [2.75, 3.05) is 11.9 Å². The molecule has 0 fully saturated rings. The van der Waals surface area contributed by atoms with Crippen LogP contribution in [0.25, 0.3) is 11.1 Å². The second kappa shape index (κ2) is 9.47. The van der Waals surface area contributed by atoms with E-state index in [0.717, 1.165) is 28.8 Å². The van der Waals surface area contributed by atoms with Crippen LogP contribution >= 0.6 is 0 Å². The molecular weight excluding hydrogens is 402 g/mol.